The van der Waals surface area contributed by atoms with Gasteiger partial charge in [-0.2, -0.15) is 18.2 Å². The fourth-order valence-electron chi connectivity index (χ4n) is 3.36. The van der Waals surface area contributed by atoms with E-state index in [9.17, 15) is 33.1 Å². The van der Waals surface area contributed by atoms with Crippen LogP contribution in [0, 0.1) is 5.92 Å². The van der Waals surface area contributed by atoms with Crippen molar-refractivity contribution in [2.24, 2.45) is 11.1 Å². The van der Waals surface area contributed by atoms with Gasteiger partial charge in [0.2, 0.25) is 5.43 Å². The summed E-state index contributed by atoms with van der Waals surface area (Å²) in [6.45, 7) is 4.25. The van der Waals surface area contributed by atoms with Crippen molar-refractivity contribution in [3.05, 3.63) is 37.7 Å². The van der Waals surface area contributed by atoms with Crippen LogP contribution < -0.4 is 11.2 Å². The van der Waals surface area contributed by atoms with Gasteiger partial charge in [-0.05, 0) is 36.7 Å². The molecule has 2 atom stereocenters. The molecule has 1 fully saturated rings. The van der Waals surface area contributed by atoms with Crippen molar-refractivity contribution in [2.75, 3.05) is 5.73 Å². The molecule has 0 saturated carbocycles. The minimum atomic E-state index is -4.97. The van der Waals surface area contributed by atoms with Crippen LogP contribution >= 0.6 is 27.3 Å². The number of anilines is 1. The highest BCUT2D eigenvalue weighted by atomic mass is 79.9. The van der Waals surface area contributed by atoms with Gasteiger partial charge in [0.15, 0.2) is 28.5 Å². The standard InChI is InChI=1S/C18H20BrN5O10S2/c1-7(9-5-10(25)12(27)6-23(9)29)33-22-13(14-15(19)35-17(20)21-14)11(26)4-8-16(28)24(18(8,2)3)34-36(30,31)32/h5-8,27,29H,4H2,1-3H3,(H2,20,21)(H,30,31,32)/b22-13+/t7?,8-/m1/s1. The first-order chi connectivity index (χ1) is 16.5. The molecule has 1 saturated heterocycles. The summed E-state index contributed by atoms with van der Waals surface area (Å²) in [7, 11) is -4.97. The number of oxime groups is 1. The number of pyridine rings is 1. The van der Waals surface area contributed by atoms with Gasteiger partial charge in [0.25, 0.3) is 5.91 Å². The average molecular weight is 610 g/mol. The first kappa shape index (κ1) is 27.5. The third-order valence-corrected chi connectivity index (χ3v) is 7.15. The van der Waals surface area contributed by atoms with E-state index in [-0.39, 0.29) is 22.2 Å². The number of hydroxylamine groups is 2. The molecule has 3 heterocycles. The molecule has 1 amide bonds. The highest BCUT2D eigenvalue weighted by Crippen LogP contribution is 2.41. The van der Waals surface area contributed by atoms with Crippen LogP contribution in [0.4, 0.5) is 5.13 Å². The summed E-state index contributed by atoms with van der Waals surface area (Å²) in [5.74, 6) is -3.36. The molecule has 5 N–H and O–H groups in total. The lowest BCUT2D eigenvalue weighted by Gasteiger charge is -2.50. The number of Topliss-reactive ketones (excluding diaryl/α,β-unsaturated/α-hetero) is 1. The van der Waals surface area contributed by atoms with Crippen molar-refractivity contribution < 1.29 is 42.0 Å². The van der Waals surface area contributed by atoms with Crippen molar-refractivity contribution in [3.63, 3.8) is 0 Å². The molecular formula is C18H20BrN5O10S2. The van der Waals surface area contributed by atoms with Gasteiger partial charge >= 0.3 is 10.4 Å². The molecule has 1 aliphatic heterocycles. The third kappa shape index (κ3) is 5.51. The monoisotopic (exact) mass is 609 g/mol. The second-order valence-electron chi connectivity index (χ2n) is 8.12. The minimum Gasteiger partial charge on any atom is -0.503 e. The Morgan fingerprint density at radius 1 is 1.42 bits per heavy atom. The molecule has 0 radical (unpaired) electrons. The van der Waals surface area contributed by atoms with E-state index < -0.39 is 57.2 Å². The smallest absolute Gasteiger partial charge is 0.418 e. The number of amides is 1. The van der Waals surface area contributed by atoms with Gasteiger partial charge in [0.1, 0.15) is 15.2 Å². The lowest BCUT2D eigenvalue weighted by atomic mass is 9.74. The summed E-state index contributed by atoms with van der Waals surface area (Å²) in [6, 6.07) is 0.910. The highest BCUT2D eigenvalue weighted by Gasteiger charge is 2.57. The molecule has 36 heavy (non-hydrogen) atoms. The van der Waals surface area contributed by atoms with Gasteiger partial charge in [-0.25, -0.2) is 4.98 Å². The second kappa shape index (κ2) is 9.77. The van der Waals surface area contributed by atoms with Gasteiger partial charge in [0, 0.05) is 12.5 Å². The molecule has 0 aromatic carbocycles. The first-order valence-electron chi connectivity index (χ1n) is 9.88. The third-order valence-electron chi connectivity index (χ3n) is 5.28. The normalized spacial score (nSPS) is 18.6. The van der Waals surface area contributed by atoms with Crippen LogP contribution in [0.25, 0.3) is 0 Å². The van der Waals surface area contributed by atoms with Crippen LogP contribution in [-0.2, 0) is 29.1 Å². The molecule has 0 aliphatic carbocycles. The predicted octanol–water partition coefficient (Wildman–Crippen LogP) is 1.00. The number of nitrogen functional groups attached to an aromatic ring is 1. The van der Waals surface area contributed by atoms with E-state index in [1.807, 2.05) is 0 Å². The van der Waals surface area contributed by atoms with E-state index >= 15 is 0 Å². The maximum Gasteiger partial charge on any atom is 0.418 e. The van der Waals surface area contributed by atoms with Gasteiger partial charge in [-0.1, -0.05) is 16.5 Å². The number of thiazole rings is 1. The zero-order valence-corrected chi connectivity index (χ0v) is 22.0. The maximum absolute atomic E-state index is 13.2. The van der Waals surface area contributed by atoms with Crippen molar-refractivity contribution in [1.82, 2.24) is 14.8 Å². The van der Waals surface area contributed by atoms with E-state index in [4.69, 9.17) is 15.1 Å². The number of rotatable bonds is 9. The van der Waals surface area contributed by atoms with E-state index in [0.717, 1.165) is 23.6 Å². The number of hydrogen-bond donors (Lipinski definition) is 4. The number of β-lactam (4-membered cyclic amide) rings is 1. The summed E-state index contributed by atoms with van der Waals surface area (Å²) in [6.07, 6.45) is -0.807. The summed E-state index contributed by atoms with van der Waals surface area (Å²) < 4.78 is 36.0. The van der Waals surface area contributed by atoms with Crippen molar-refractivity contribution >= 4 is 60.2 Å². The molecule has 0 spiro atoms. The molecular weight excluding hydrogens is 590 g/mol. The Morgan fingerprint density at radius 3 is 2.58 bits per heavy atom. The van der Waals surface area contributed by atoms with Crippen LogP contribution in [0.5, 0.6) is 5.75 Å². The molecule has 1 aliphatic rings. The number of carbonyl (C=O) groups is 2. The Kier molecular flexibility index (Phi) is 7.47. The molecule has 196 valence electrons. The van der Waals surface area contributed by atoms with Crippen LogP contribution in [0.15, 0.2) is 26.0 Å². The van der Waals surface area contributed by atoms with Crippen molar-refractivity contribution in [1.29, 1.82) is 0 Å². The lowest BCUT2D eigenvalue weighted by Crippen LogP contribution is -2.68. The van der Waals surface area contributed by atoms with Crippen LogP contribution in [0.1, 0.15) is 44.7 Å². The highest BCUT2D eigenvalue weighted by molar-refractivity contribution is 9.11. The number of carbonyl (C=O) groups excluding carboxylic acids is 2. The SMILES string of the molecule is CC(O/N=C(\C(=O)C[C@@H]1C(=O)N(OS(=O)(=O)O)C1(C)C)c1nc(N)sc1Br)c1cc(=O)c(O)cn1O. The van der Waals surface area contributed by atoms with E-state index in [1.54, 1.807) is 0 Å². The summed E-state index contributed by atoms with van der Waals surface area (Å²) in [5.41, 5.74) is 3.17. The van der Waals surface area contributed by atoms with Gasteiger partial charge in [0.05, 0.1) is 17.7 Å². The number of nitrogens with two attached hydrogens (primary N) is 1. The number of hydrogen-bond acceptors (Lipinski definition) is 13. The average Bonchev–Trinajstić information content (AvgIpc) is 3.09. The van der Waals surface area contributed by atoms with E-state index in [2.05, 4.69) is 30.4 Å². The molecule has 3 rings (SSSR count). The Hall–Kier alpha value is -3.06. The van der Waals surface area contributed by atoms with Crippen molar-refractivity contribution in [2.45, 2.75) is 38.8 Å². The zero-order valence-electron chi connectivity index (χ0n) is 18.8. The Labute approximate surface area is 215 Å². The summed E-state index contributed by atoms with van der Waals surface area (Å²) >= 11 is 4.21. The van der Waals surface area contributed by atoms with Crippen LogP contribution in [0.3, 0.4) is 0 Å². The largest absolute Gasteiger partial charge is 0.503 e. The fraction of sp³-hybridized carbons (Fsp3) is 0.389. The number of aromatic nitrogens is 2. The van der Waals surface area contributed by atoms with Gasteiger partial charge < -0.3 is 20.9 Å². The molecule has 0 bridgehead atoms. The zero-order chi connectivity index (χ0) is 27.2. The predicted molar refractivity (Wildman–Crippen MR) is 126 cm³/mol. The Balaban J connectivity index is 1.90. The molecule has 18 heteroatoms. The number of aromatic hydroxyl groups is 1. The quantitative estimate of drug-likeness (QED) is 0.103. The summed E-state index contributed by atoms with van der Waals surface area (Å²) in [5, 5.41) is 23.7. The Bertz CT molecular complexity index is 1420. The fourth-order valence-corrected chi connectivity index (χ4v) is 5.14. The van der Waals surface area contributed by atoms with Gasteiger partial charge in [-0.15, -0.1) is 4.28 Å². The first-order valence-corrected chi connectivity index (χ1v) is 12.9. The van der Waals surface area contributed by atoms with E-state index in [0.29, 0.717) is 13.6 Å². The number of ketones is 1. The number of halogens is 1. The molecule has 2 aromatic rings. The minimum absolute atomic E-state index is 0.00239. The van der Waals surface area contributed by atoms with Gasteiger partial charge in [-0.3, -0.25) is 18.9 Å². The van der Waals surface area contributed by atoms with E-state index in [1.165, 1.54) is 20.8 Å². The number of nitrogens with zero attached hydrogens (tertiary/aromatic N) is 4. The maximum atomic E-state index is 13.2. The van der Waals surface area contributed by atoms with Crippen LogP contribution in [-0.4, -0.2) is 61.0 Å². The lowest BCUT2D eigenvalue weighted by molar-refractivity contribution is -0.228. The second-order valence-corrected chi connectivity index (χ2v) is 11.5. The van der Waals surface area contributed by atoms with Crippen LogP contribution in [0.2, 0.25) is 0 Å². The topological polar surface area (TPSA) is 224 Å². The Morgan fingerprint density at radius 2 is 2.06 bits per heavy atom. The van der Waals surface area contributed by atoms with Crippen molar-refractivity contribution in [3.8, 4) is 5.75 Å². The molecule has 2 aromatic heterocycles. The summed E-state index contributed by atoms with van der Waals surface area (Å²) in [4.78, 5) is 46.8. The molecule has 1 unspecified atom stereocenters. The molecule has 15 nitrogen and oxygen atoms in total.